The summed E-state index contributed by atoms with van der Waals surface area (Å²) in [6.45, 7) is 10.4. The zero-order valence-corrected chi connectivity index (χ0v) is 19.8. The molecule has 4 heteroatoms. The highest BCUT2D eigenvalue weighted by Gasteiger charge is 2.55. The van der Waals surface area contributed by atoms with Crippen molar-refractivity contribution >= 4 is 0 Å². The summed E-state index contributed by atoms with van der Waals surface area (Å²) in [5.41, 5.74) is 2.93. The maximum Gasteiger partial charge on any atom is 0.0677 e. The molecular formula is C27H44O4. The minimum absolute atomic E-state index is 0.0392. The minimum atomic E-state index is -0.916. The summed E-state index contributed by atoms with van der Waals surface area (Å²) < 4.78 is 0. The highest BCUT2D eigenvalue weighted by Crippen LogP contribution is 2.60. The number of hydrogen-bond acceptors (Lipinski definition) is 4. The zero-order valence-electron chi connectivity index (χ0n) is 19.8. The van der Waals surface area contributed by atoms with Gasteiger partial charge in [0.15, 0.2) is 0 Å². The van der Waals surface area contributed by atoms with Crippen molar-refractivity contribution in [2.45, 2.75) is 103 Å². The van der Waals surface area contributed by atoms with Gasteiger partial charge in [0.2, 0.25) is 0 Å². The smallest absolute Gasteiger partial charge is 0.0677 e. The average Bonchev–Trinajstić information content (AvgIpc) is 3.06. The molecule has 0 spiro atoms. The predicted molar refractivity (Wildman–Crippen MR) is 125 cm³/mol. The third-order valence-electron chi connectivity index (χ3n) is 8.54. The molecule has 31 heavy (non-hydrogen) atoms. The van der Waals surface area contributed by atoms with Gasteiger partial charge in [0, 0.05) is 13.0 Å². The molecule has 0 radical (unpaired) electrons. The van der Waals surface area contributed by atoms with E-state index in [0.29, 0.717) is 25.2 Å². The minimum Gasteiger partial charge on any atom is -0.396 e. The Morgan fingerprint density at radius 2 is 1.97 bits per heavy atom. The van der Waals surface area contributed by atoms with E-state index < -0.39 is 11.7 Å². The Hall–Kier alpha value is -0.940. The van der Waals surface area contributed by atoms with Crippen LogP contribution >= 0.6 is 0 Å². The van der Waals surface area contributed by atoms with E-state index in [4.69, 9.17) is 0 Å². The highest BCUT2D eigenvalue weighted by atomic mass is 16.3. The maximum atomic E-state index is 11.5. The fourth-order valence-electron chi connectivity index (χ4n) is 6.90. The van der Waals surface area contributed by atoms with Crippen LogP contribution in [0.1, 0.15) is 85.0 Å². The number of aliphatic hydroxyl groups is 4. The molecule has 0 aromatic heterocycles. The van der Waals surface area contributed by atoms with Gasteiger partial charge in [-0.15, -0.1) is 0 Å². The van der Waals surface area contributed by atoms with Crippen molar-refractivity contribution in [1.29, 1.82) is 0 Å². The predicted octanol–water partition coefficient (Wildman–Crippen LogP) is 4.68. The molecule has 3 aliphatic carbocycles. The van der Waals surface area contributed by atoms with Gasteiger partial charge in [-0.05, 0) is 93.5 Å². The first-order valence-corrected chi connectivity index (χ1v) is 12.3. The molecule has 3 saturated carbocycles. The summed E-state index contributed by atoms with van der Waals surface area (Å²) in [6, 6.07) is 0. The molecule has 3 fully saturated rings. The van der Waals surface area contributed by atoms with Crippen LogP contribution in [0, 0.1) is 23.2 Å². The first-order chi connectivity index (χ1) is 14.6. The van der Waals surface area contributed by atoms with E-state index >= 15 is 0 Å². The molecule has 3 unspecified atom stereocenters. The molecule has 4 N–H and O–H groups in total. The summed E-state index contributed by atoms with van der Waals surface area (Å²) in [5.74, 6) is 0.666. The van der Waals surface area contributed by atoms with E-state index in [1.54, 1.807) is 0 Å². The second-order valence-electron chi connectivity index (χ2n) is 11.2. The van der Waals surface area contributed by atoms with Gasteiger partial charge in [-0.2, -0.15) is 0 Å². The van der Waals surface area contributed by atoms with E-state index in [2.05, 4.69) is 25.7 Å². The van der Waals surface area contributed by atoms with E-state index in [9.17, 15) is 20.4 Å². The van der Waals surface area contributed by atoms with E-state index in [1.807, 2.05) is 13.8 Å². The normalized spacial score (nSPS) is 38.2. The lowest BCUT2D eigenvalue weighted by molar-refractivity contribution is -0.0876. The van der Waals surface area contributed by atoms with Crippen molar-refractivity contribution in [2.75, 3.05) is 6.61 Å². The second kappa shape index (κ2) is 9.91. The maximum absolute atomic E-state index is 11.5. The fourth-order valence-corrected chi connectivity index (χ4v) is 6.90. The van der Waals surface area contributed by atoms with Crippen molar-refractivity contribution < 1.29 is 20.4 Å². The third kappa shape index (κ3) is 5.52. The molecule has 0 bridgehead atoms. The number of aliphatic hydroxyl groups excluding tert-OH is 3. The lowest BCUT2D eigenvalue weighted by Crippen LogP contribution is -2.47. The van der Waals surface area contributed by atoms with Crippen LogP contribution in [0.15, 0.2) is 35.5 Å². The zero-order chi connectivity index (χ0) is 22.8. The summed E-state index contributed by atoms with van der Waals surface area (Å²) in [6.07, 6.45) is 12.3. The number of rotatable bonds is 7. The van der Waals surface area contributed by atoms with Crippen LogP contribution in [-0.4, -0.2) is 44.8 Å². The third-order valence-corrected chi connectivity index (χ3v) is 8.54. The Bertz CT molecular complexity index is 706. The SMILES string of the molecule is C=C1CC[C@H](O)C/C1=C/C=C1CCC[C@@]2(C)C1CC[C@@H]2[C@@](C)(O)CC(O)CC(C)CO. The first kappa shape index (κ1) is 24.7. The standard InChI is InChI=1S/C27H44O4/c1-18(17-28)14-23(30)16-27(4,31)25-12-11-24-20(6-5-13-26(24,25)3)8-9-21-15-22(29)10-7-19(21)2/h8-9,18,22-25,28-31H,2,5-7,10-17H2,1,3-4H3/b20-8?,21-9-/t18?,22-,23?,24?,25-,26-,27-/m0/s1. The van der Waals surface area contributed by atoms with E-state index in [1.165, 1.54) is 11.1 Å². The van der Waals surface area contributed by atoms with Crippen molar-refractivity contribution in [1.82, 2.24) is 0 Å². The Labute approximate surface area is 188 Å². The molecule has 3 rings (SSSR count). The van der Waals surface area contributed by atoms with Crippen molar-refractivity contribution in [3.05, 3.63) is 35.5 Å². The Balaban J connectivity index is 1.75. The van der Waals surface area contributed by atoms with Crippen LogP contribution in [0.3, 0.4) is 0 Å². The molecule has 0 aliphatic heterocycles. The van der Waals surface area contributed by atoms with Crippen molar-refractivity contribution in [3.63, 3.8) is 0 Å². The number of fused-ring (bicyclic) bond motifs is 1. The number of allylic oxidation sites excluding steroid dienone is 4. The van der Waals surface area contributed by atoms with Gasteiger partial charge in [0.05, 0.1) is 17.8 Å². The van der Waals surface area contributed by atoms with Gasteiger partial charge < -0.3 is 20.4 Å². The molecule has 0 aromatic carbocycles. The summed E-state index contributed by atoms with van der Waals surface area (Å²) in [5, 5.41) is 41.3. The molecule has 176 valence electrons. The van der Waals surface area contributed by atoms with Crippen molar-refractivity contribution in [3.8, 4) is 0 Å². The molecule has 0 heterocycles. The number of hydrogen-bond donors (Lipinski definition) is 4. The van der Waals surface area contributed by atoms with Gasteiger partial charge in [0.1, 0.15) is 0 Å². The Morgan fingerprint density at radius 3 is 2.68 bits per heavy atom. The van der Waals surface area contributed by atoms with Crippen LogP contribution in [0.2, 0.25) is 0 Å². The van der Waals surface area contributed by atoms with Crippen LogP contribution in [0.25, 0.3) is 0 Å². The molecule has 4 nitrogen and oxygen atoms in total. The van der Waals surface area contributed by atoms with Crippen LogP contribution in [0.4, 0.5) is 0 Å². The van der Waals surface area contributed by atoms with Crippen molar-refractivity contribution in [2.24, 2.45) is 23.2 Å². The largest absolute Gasteiger partial charge is 0.396 e. The van der Waals surface area contributed by atoms with Gasteiger partial charge >= 0.3 is 0 Å². The fraction of sp³-hybridized carbons (Fsp3) is 0.778. The molecular weight excluding hydrogens is 388 g/mol. The van der Waals surface area contributed by atoms with Crippen LogP contribution in [0.5, 0.6) is 0 Å². The van der Waals surface area contributed by atoms with Gasteiger partial charge in [-0.3, -0.25) is 0 Å². The molecule has 7 atom stereocenters. The van der Waals surface area contributed by atoms with Crippen LogP contribution in [-0.2, 0) is 0 Å². The van der Waals surface area contributed by atoms with E-state index in [0.717, 1.165) is 50.5 Å². The van der Waals surface area contributed by atoms with Crippen LogP contribution < -0.4 is 0 Å². The lowest BCUT2D eigenvalue weighted by Gasteiger charge is -2.47. The molecule has 0 aromatic rings. The quantitative estimate of drug-likeness (QED) is 0.471. The molecule has 0 amide bonds. The second-order valence-corrected chi connectivity index (χ2v) is 11.2. The van der Waals surface area contributed by atoms with Gasteiger partial charge in [-0.1, -0.05) is 43.7 Å². The molecule has 0 saturated heterocycles. The summed E-state index contributed by atoms with van der Waals surface area (Å²) in [4.78, 5) is 0. The highest BCUT2D eigenvalue weighted by molar-refractivity contribution is 5.36. The molecule has 3 aliphatic rings. The monoisotopic (exact) mass is 432 g/mol. The van der Waals surface area contributed by atoms with E-state index in [-0.39, 0.29) is 30.0 Å². The Kier molecular flexibility index (Phi) is 7.89. The topological polar surface area (TPSA) is 80.9 Å². The first-order valence-electron chi connectivity index (χ1n) is 12.3. The summed E-state index contributed by atoms with van der Waals surface area (Å²) >= 11 is 0. The summed E-state index contributed by atoms with van der Waals surface area (Å²) in [7, 11) is 0. The Morgan fingerprint density at radius 1 is 1.23 bits per heavy atom. The van der Waals surface area contributed by atoms with Gasteiger partial charge in [0.25, 0.3) is 0 Å². The average molecular weight is 433 g/mol. The van der Waals surface area contributed by atoms with Gasteiger partial charge in [-0.25, -0.2) is 0 Å². The lowest BCUT2D eigenvalue weighted by atomic mass is 9.59.